The molecule has 0 heterocycles. The quantitative estimate of drug-likeness (QED) is 0.774. The Kier molecular flexibility index (Phi) is 4.58. The Bertz CT molecular complexity index is 371. The Balaban J connectivity index is 2.74. The van der Waals surface area contributed by atoms with E-state index in [0.29, 0.717) is 6.54 Å². The van der Waals surface area contributed by atoms with Crippen LogP contribution in [0.1, 0.15) is 13.8 Å². The number of anilines is 1. The third-order valence-electron chi connectivity index (χ3n) is 2.31. The topological polar surface area (TPSA) is 40.5 Å². The predicted octanol–water partition coefficient (Wildman–Crippen LogP) is 2.54. The lowest BCUT2D eigenvalue weighted by molar-refractivity contribution is -0.131. The Labute approximate surface area is 96.0 Å². The maximum Gasteiger partial charge on any atom is 0.328 e. The van der Waals surface area contributed by atoms with Gasteiger partial charge in [-0.15, -0.1) is 0 Å². The zero-order valence-corrected chi connectivity index (χ0v) is 9.68. The second-order valence-electron chi connectivity index (χ2n) is 3.68. The molecule has 1 N–H and O–H groups in total. The molecule has 0 bridgehead atoms. The van der Waals surface area contributed by atoms with E-state index in [2.05, 4.69) is 11.8 Å². The van der Waals surface area contributed by atoms with Crippen molar-refractivity contribution in [3.05, 3.63) is 42.0 Å². The maximum absolute atomic E-state index is 10.5. The number of rotatable bonds is 5. The maximum atomic E-state index is 10.5. The van der Waals surface area contributed by atoms with Crippen LogP contribution < -0.4 is 4.90 Å². The van der Waals surface area contributed by atoms with Crippen molar-refractivity contribution in [3.8, 4) is 0 Å². The fourth-order valence-corrected chi connectivity index (χ4v) is 1.58. The molecule has 3 nitrogen and oxygen atoms in total. The van der Waals surface area contributed by atoms with Gasteiger partial charge in [-0.1, -0.05) is 18.2 Å². The minimum absolute atomic E-state index is 0.646. The molecule has 0 saturated heterocycles. The highest BCUT2D eigenvalue weighted by atomic mass is 16.4. The van der Waals surface area contributed by atoms with Crippen LogP contribution in [0.25, 0.3) is 0 Å². The molecule has 0 aliphatic heterocycles. The van der Waals surface area contributed by atoms with Crippen LogP contribution in [0.5, 0.6) is 0 Å². The van der Waals surface area contributed by atoms with Gasteiger partial charge in [0.2, 0.25) is 0 Å². The van der Waals surface area contributed by atoms with Gasteiger partial charge < -0.3 is 10.0 Å². The number of hydrogen-bond acceptors (Lipinski definition) is 2. The van der Waals surface area contributed by atoms with Crippen LogP contribution in [0.4, 0.5) is 5.69 Å². The molecular weight excluding hydrogens is 202 g/mol. The van der Waals surface area contributed by atoms with Crippen molar-refractivity contribution in [3.63, 3.8) is 0 Å². The second-order valence-corrected chi connectivity index (χ2v) is 3.68. The van der Waals surface area contributed by atoms with E-state index in [1.807, 2.05) is 37.3 Å². The molecule has 0 atom stereocenters. The number of benzene rings is 1. The lowest BCUT2D eigenvalue weighted by atomic mass is 10.2. The lowest BCUT2D eigenvalue weighted by Gasteiger charge is -2.23. The summed E-state index contributed by atoms with van der Waals surface area (Å²) in [6, 6.07) is 9.98. The molecule has 1 rings (SSSR count). The Morgan fingerprint density at radius 1 is 1.38 bits per heavy atom. The van der Waals surface area contributed by atoms with Gasteiger partial charge in [-0.05, 0) is 31.6 Å². The van der Waals surface area contributed by atoms with E-state index in [-0.39, 0.29) is 0 Å². The molecule has 1 aromatic rings. The molecule has 0 spiro atoms. The average Bonchev–Trinajstić information content (AvgIpc) is 2.26. The van der Waals surface area contributed by atoms with Crippen molar-refractivity contribution in [1.29, 1.82) is 0 Å². The third-order valence-corrected chi connectivity index (χ3v) is 2.31. The number of nitrogens with zero attached hydrogens (tertiary/aromatic N) is 1. The molecular formula is C13H17NO2. The molecule has 86 valence electrons. The van der Waals surface area contributed by atoms with Crippen molar-refractivity contribution < 1.29 is 9.90 Å². The van der Waals surface area contributed by atoms with Gasteiger partial charge in [0.1, 0.15) is 0 Å². The fourth-order valence-electron chi connectivity index (χ4n) is 1.58. The molecule has 16 heavy (non-hydrogen) atoms. The highest BCUT2D eigenvalue weighted by Gasteiger charge is 2.04. The summed E-state index contributed by atoms with van der Waals surface area (Å²) in [5.74, 6) is -0.887. The highest BCUT2D eigenvalue weighted by molar-refractivity contribution is 5.80. The number of likely N-dealkylation sites (N-methyl/N-ethyl adjacent to an activating group) is 1. The van der Waals surface area contributed by atoms with Gasteiger partial charge >= 0.3 is 5.97 Å². The summed E-state index contributed by atoms with van der Waals surface area (Å²) in [6.07, 6.45) is 1.26. The summed E-state index contributed by atoms with van der Waals surface area (Å²) in [5, 5.41) is 8.65. The van der Waals surface area contributed by atoms with E-state index >= 15 is 0 Å². The fraction of sp³-hybridized carbons (Fsp3) is 0.308. The van der Waals surface area contributed by atoms with Crippen LogP contribution >= 0.6 is 0 Å². The summed E-state index contributed by atoms with van der Waals surface area (Å²) >= 11 is 0. The van der Waals surface area contributed by atoms with Gasteiger partial charge in [-0.3, -0.25) is 0 Å². The zero-order valence-electron chi connectivity index (χ0n) is 9.68. The monoisotopic (exact) mass is 219 g/mol. The van der Waals surface area contributed by atoms with Crippen molar-refractivity contribution in [2.45, 2.75) is 13.8 Å². The van der Waals surface area contributed by atoms with Gasteiger partial charge in [0, 0.05) is 24.9 Å². The largest absolute Gasteiger partial charge is 0.478 e. The molecule has 0 aliphatic carbocycles. The lowest BCUT2D eigenvalue weighted by Crippen LogP contribution is -2.24. The van der Waals surface area contributed by atoms with E-state index < -0.39 is 5.97 Å². The molecule has 0 fully saturated rings. The number of aliphatic carboxylic acids is 1. The average molecular weight is 219 g/mol. The van der Waals surface area contributed by atoms with Crippen LogP contribution in [0.2, 0.25) is 0 Å². The predicted molar refractivity (Wildman–Crippen MR) is 65.7 cm³/mol. The third kappa shape index (κ3) is 3.77. The molecule has 0 aromatic heterocycles. The summed E-state index contributed by atoms with van der Waals surface area (Å²) in [5.41, 5.74) is 1.96. The number of carboxylic acids is 1. The smallest absolute Gasteiger partial charge is 0.328 e. The van der Waals surface area contributed by atoms with Crippen LogP contribution in [-0.2, 0) is 4.79 Å². The van der Waals surface area contributed by atoms with E-state index in [9.17, 15) is 4.79 Å². The Morgan fingerprint density at radius 2 is 2.00 bits per heavy atom. The first-order valence-electron chi connectivity index (χ1n) is 5.33. The van der Waals surface area contributed by atoms with Crippen LogP contribution in [-0.4, -0.2) is 24.2 Å². The van der Waals surface area contributed by atoms with E-state index in [1.54, 1.807) is 0 Å². The van der Waals surface area contributed by atoms with Gasteiger partial charge in [0.25, 0.3) is 0 Å². The van der Waals surface area contributed by atoms with Crippen LogP contribution in [0.15, 0.2) is 42.0 Å². The SMILES string of the molecule is CCN(CC(C)=CC(=O)O)c1ccccc1. The Morgan fingerprint density at radius 3 is 2.50 bits per heavy atom. The number of para-hydroxylation sites is 1. The highest BCUT2D eigenvalue weighted by Crippen LogP contribution is 2.14. The van der Waals surface area contributed by atoms with Crippen LogP contribution in [0, 0.1) is 0 Å². The molecule has 0 saturated carbocycles. The zero-order chi connectivity index (χ0) is 12.0. The van der Waals surface area contributed by atoms with Crippen molar-refractivity contribution >= 4 is 11.7 Å². The van der Waals surface area contributed by atoms with Crippen molar-refractivity contribution in [2.75, 3.05) is 18.0 Å². The van der Waals surface area contributed by atoms with E-state index in [1.165, 1.54) is 6.08 Å². The van der Waals surface area contributed by atoms with Gasteiger partial charge in [-0.25, -0.2) is 4.79 Å². The van der Waals surface area contributed by atoms with Gasteiger partial charge in [0.15, 0.2) is 0 Å². The first-order chi connectivity index (χ1) is 7.63. The van der Waals surface area contributed by atoms with Gasteiger partial charge in [-0.2, -0.15) is 0 Å². The minimum Gasteiger partial charge on any atom is -0.478 e. The number of carbonyl (C=O) groups is 1. The number of carboxylic acid groups (broad SMARTS) is 1. The van der Waals surface area contributed by atoms with Gasteiger partial charge in [0.05, 0.1) is 0 Å². The summed E-state index contributed by atoms with van der Waals surface area (Å²) < 4.78 is 0. The van der Waals surface area contributed by atoms with Crippen molar-refractivity contribution in [1.82, 2.24) is 0 Å². The molecule has 0 unspecified atom stereocenters. The first kappa shape index (κ1) is 12.3. The summed E-state index contributed by atoms with van der Waals surface area (Å²) in [6.45, 7) is 5.39. The van der Waals surface area contributed by atoms with E-state index in [4.69, 9.17) is 5.11 Å². The first-order valence-corrected chi connectivity index (χ1v) is 5.33. The molecule has 0 aliphatic rings. The molecule has 0 radical (unpaired) electrons. The molecule has 1 aromatic carbocycles. The number of hydrogen-bond donors (Lipinski definition) is 1. The minimum atomic E-state index is -0.887. The Hall–Kier alpha value is -1.77. The van der Waals surface area contributed by atoms with E-state index in [0.717, 1.165) is 17.8 Å². The molecule has 0 amide bonds. The normalized spacial score (nSPS) is 11.2. The summed E-state index contributed by atoms with van der Waals surface area (Å²) in [7, 11) is 0. The molecule has 3 heteroatoms. The second kappa shape index (κ2) is 5.95. The van der Waals surface area contributed by atoms with Crippen molar-refractivity contribution in [2.24, 2.45) is 0 Å². The van der Waals surface area contributed by atoms with Crippen LogP contribution in [0.3, 0.4) is 0 Å². The summed E-state index contributed by atoms with van der Waals surface area (Å²) in [4.78, 5) is 12.7. The standard InChI is InChI=1S/C13H17NO2/c1-3-14(10-11(2)9-13(15)16)12-7-5-4-6-8-12/h4-9H,3,10H2,1-2H3,(H,15,16).